The molecule has 8 heteroatoms. The fraction of sp³-hybridized carbons (Fsp3) is 0.333. The number of benzene rings is 1. The molecule has 20 heavy (non-hydrogen) atoms. The summed E-state index contributed by atoms with van der Waals surface area (Å²) in [5.74, 6) is 0.225. The van der Waals surface area contributed by atoms with Crippen LogP contribution in [0.1, 0.15) is 6.42 Å². The van der Waals surface area contributed by atoms with E-state index in [1.165, 1.54) is 6.07 Å². The maximum atomic E-state index is 12.4. The highest BCUT2D eigenvalue weighted by Crippen LogP contribution is 2.23. The van der Waals surface area contributed by atoms with Gasteiger partial charge in [-0.25, -0.2) is 4.98 Å². The molecule has 1 amide bonds. The summed E-state index contributed by atoms with van der Waals surface area (Å²) in [6.07, 6.45) is -2.89. The molecule has 0 bridgehead atoms. The average molecular weight is 303 g/mol. The van der Waals surface area contributed by atoms with Crippen molar-refractivity contribution in [3.8, 4) is 0 Å². The summed E-state index contributed by atoms with van der Waals surface area (Å²) in [6.45, 7) is -1.09. The number of thiol groups is 1. The molecule has 2 aromatic rings. The number of carbonyl (C=O) groups is 1. The van der Waals surface area contributed by atoms with E-state index in [2.05, 4.69) is 22.9 Å². The smallest absolute Gasteiger partial charge is 0.326 e. The molecular formula is C12H12F3N3OS. The van der Waals surface area contributed by atoms with Crippen molar-refractivity contribution >= 4 is 35.3 Å². The SMILES string of the molecule is O=C(CCS)Nc1ccc2c(c1)ncn2CC(F)(F)F. The highest BCUT2D eigenvalue weighted by Gasteiger charge is 2.28. The number of carbonyl (C=O) groups excluding carboxylic acids is 1. The lowest BCUT2D eigenvalue weighted by molar-refractivity contribution is -0.140. The molecule has 1 aromatic heterocycles. The quantitative estimate of drug-likeness (QED) is 0.853. The van der Waals surface area contributed by atoms with Gasteiger partial charge in [0.2, 0.25) is 5.91 Å². The summed E-state index contributed by atoms with van der Waals surface area (Å²) >= 11 is 3.95. The summed E-state index contributed by atoms with van der Waals surface area (Å²) in [5.41, 5.74) is 1.27. The molecule has 0 saturated heterocycles. The van der Waals surface area contributed by atoms with E-state index in [1.54, 1.807) is 12.1 Å². The third-order valence-electron chi connectivity index (χ3n) is 2.59. The van der Waals surface area contributed by atoms with Crippen LogP contribution < -0.4 is 5.32 Å². The van der Waals surface area contributed by atoms with Gasteiger partial charge in [-0.2, -0.15) is 25.8 Å². The molecule has 1 aromatic carbocycles. The monoisotopic (exact) mass is 303 g/mol. The van der Waals surface area contributed by atoms with E-state index in [1.807, 2.05) is 0 Å². The molecule has 4 nitrogen and oxygen atoms in total. The first kappa shape index (κ1) is 14.7. The lowest BCUT2D eigenvalue weighted by Gasteiger charge is -2.08. The summed E-state index contributed by atoms with van der Waals surface area (Å²) < 4.78 is 38.1. The zero-order valence-electron chi connectivity index (χ0n) is 10.3. The van der Waals surface area contributed by atoms with E-state index in [0.29, 0.717) is 22.5 Å². The summed E-state index contributed by atoms with van der Waals surface area (Å²) in [7, 11) is 0. The van der Waals surface area contributed by atoms with E-state index < -0.39 is 12.7 Å². The summed E-state index contributed by atoms with van der Waals surface area (Å²) in [5, 5.41) is 2.63. The molecule has 0 unspecified atom stereocenters. The predicted octanol–water partition coefficient (Wildman–Crippen LogP) is 2.86. The fourth-order valence-corrected chi connectivity index (χ4v) is 1.99. The Labute approximate surface area is 118 Å². The minimum atomic E-state index is -4.30. The van der Waals surface area contributed by atoms with E-state index in [-0.39, 0.29) is 12.3 Å². The highest BCUT2D eigenvalue weighted by molar-refractivity contribution is 7.80. The van der Waals surface area contributed by atoms with Gasteiger partial charge in [0.05, 0.1) is 17.4 Å². The van der Waals surface area contributed by atoms with Gasteiger partial charge in [-0.15, -0.1) is 0 Å². The fourth-order valence-electron chi connectivity index (χ4n) is 1.79. The van der Waals surface area contributed by atoms with E-state index >= 15 is 0 Å². The normalized spacial score (nSPS) is 11.8. The highest BCUT2D eigenvalue weighted by atomic mass is 32.1. The second kappa shape index (κ2) is 5.74. The molecule has 2 rings (SSSR count). The third-order valence-corrected chi connectivity index (χ3v) is 2.82. The Morgan fingerprint density at radius 3 is 2.80 bits per heavy atom. The van der Waals surface area contributed by atoms with Gasteiger partial charge in [0.25, 0.3) is 0 Å². The van der Waals surface area contributed by atoms with Crippen molar-refractivity contribution in [3.63, 3.8) is 0 Å². The molecule has 0 saturated carbocycles. The van der Waals surface area contributed by atoms with Crippen LogP contribution in [0.25, 0.3) is 11.0 Å². The lowest BCUT2D eigenvalue weighted by atomic mass is 10.2. The first-order valence-corrected chi connectivity index (χ1v) is 6.44. The number of aromatic nitrogens is 2. The second-order valence-electron chi connectivity index (χ2n) is 4.21. The van der Waals surface area contributed by atoms with Crippen molar-refractivity contribution in [2.45, 2.75) is 19.1 Å². The van der Waals surface area contributed by atoms with Crippen LogP contribution in [-0.2, 0) is 11.3 Å². The number of halogens is 3. The van der Waals surface area contributed by atoms with E-state index in [9.17, 15) is 18.0 Å². The number of nitrogens with one attached hydrogen (secondary N) is 1. The van der Waals surface area contributed by atoms with E-state index in [4.69, 9.17) is 0 Å². The van der Waals surface area contributed by atoms with Gasteiger partial charge >= 0.3 is 6.18 Å². The van der Waals surface area contributed by atoms with Gasteiger partial charge in [-0.1, -0.05) is 0 Å². The number of anilines is 1. The van der Waals surface area contributed by atoms with Gasteiger partial charge in [0.1, 0.15) is 6.54 Å². The number of alkyl halides is 3. The number of imidazole rings is 1. The van der Waals surface area contributed by atoms with Gasteiger partial charge < -0.3 is 9.88 Å². The number of hydrogen-bond acceptors (Lipinski definition) is 3. The minimum absolute atomic E-state index is 0.200. The molecule has 0 aliphatic carbocycles. The zero-order valence-corrected chi connectivity index (χ0v) is 11.2. The van der Waals surface area contributed by atoms with Crippen LogP contribution in [0, 0.1) is 0 Å². The Bertz CT molecular complexity index is 624. The number of rotatable bonds is 4. The van der Waals surface area contributed by atoms with E-state index in [0.717, 1.165) is 10.9 Å². The Hall–Kier alpha value is -1.70. The van der Waals surface area contributed by atoms with Crippen LogP contribution in [0.15, 0.2) is 24.5 Å². The molecule has 1 heterocycles. The second-order valence-corrected chi connectivity index (χ2v) is 4.66. The number of amides is 1. The van der Waals surface area contributed by atoms with Crippen molar-refractivity contribution in [1.82, 2.24) is 9.55 Å². The van der Waals surface area contributed by atoms with Gasteiger partial charge in [-0.05, 0) is 24.0 Å². The predicted molar refractivity (Wildman–Crippen MR) is 72.9 cm³/mol. The van der Waals surface area contributed by atoms with Crippen molar-refractivity contribution in [3.05, 3.63) is 24.5 Å². The molecular weight excluding hydrogens is 291 g/mol. The molecule has 0 radical (unpaired) electrons. The van der Waals surface area contributed by atoms with Crippen molar-refractivity contribution in [1.29, 1.82) is 0 Å². The standard InChI is InChI=1S/C12H12F3N3OS/c13-12(14,15)6-18-7-16-9-5-8(1-2-10(9)18)17-11(19)3-4-20/h1-2,5,7,20H,3-4,6H2,(H,17,19). The molecule has 1 N–H and O–H groups in total. The zero-order chi connectivity index (χ0) is 14.8. The van der Waals surface area contributed by atoms with Crippen LogP contribution in [0.4, 0.5) is 18.9 Å². The Morgan fingerprint density at radius 1 is 1.40 bits per heavy atom. The first-order chi connectivity index (χ1) is 9.39. The van der Waals surface area contributed by atoms with Crippen LogP contribution in [0.5, 0.6) is 0 Å². The number of fused-ring (bicyclic) bond motifs is 1. The molecule has 108 valence electrons. The van der Waals surface area contributed by atoms with Crippen LogP contribution in [0.3, 0.4) is 0 Å². The Morgan fingerprint density at radius 2 is 2.15 bits per heavy atom. The topological polar surface area (TPSA) is 46.9 Å². The summed E-state index contributed by atoms with van der Waals surface area (Å²) in [4.78, 5) is 15.3. The van der Waals surface area contributed by atoms with Crippen LogP contribution in [0.2, 0.25) is 0 Å². The Balaban J connectivity index is 2.22. The first-order valence-electron chi connectivity index (χ1n) is 5.81. The van der Waals surface area contributed by atoms with Crippen molar-refractivity contribution < 1.29 is 18.0 Å². The van der Waals surface area contributed by atoms with Crippen molar-refractivity contribution in [2.75, 3.05) is 11.1 Å². The lowest BCUT2D eigenvalue weighted by Crippen LogP contribution is -2.16. The average Bonchev–Trinajstić information content (AvgIpc) is 2.70. The Kier molecular flexibility index (Phi) is 4.22. The molecule has 0 atom stereocenters. The molecule has 0 aliphatic rings. The molecule has 0 spiro atoms. The number of hydrogen-bond donors (Lipinski definition) is 2. The molecule has 0 aliphatic heterocycles. The van der Waals surface area contributed by atoms with Gasteiger partial charge in [0, 0.05) is 12.1 Å². The maximum absolute atomic E-state index is 12.4. The van der Waals surface area contributed by atoms with Crippen LogP contribution in [-0.4, -0.2) is 27.4 Å². The van der Waals surface area contributed by atoms with Gasteiger partial charge in [-0.3, -0.25) is 4.79 Å². The summed E-state index contributed by atoms with van der Waals surface area (Å²) in [6, 6.07) is 4.59. The molecule has 0 fully saturated rings. The number of nitrogens with zero attached hydrogens (tertiary/aromatic N) is 2. The van der Waals surface area contributed by atoms with Crippen molar-refractivity contribution in [2.24, 2.45) is 0 Å². The largest absolute Gasteiger partial charge is 0.406 e. The van der Waals surface area contributed by atoms with Gasteiger partial charge in [0.15, 0.2) is 0 Å². The third kappa shape index (κ3) is 3.66. The minimum Gasteiger partial charge on any atom is -0.326 e. The maximum Gasteiger partial charge on any atom is 0.406 e. The van der Waals surface area contributed by atoms with Crippen LogP contribution >= 0.6 is 12.6 Å².